The van der Waals surface area contributed by atoms with Crippen LogP contribution in [0.2, 0.25) is 10.0 Å². The summed E-state index contributed by atoms with van der Waals surface area (Å²) >= 11 is 13.4. The molecule has 1 N–H and O–H groups in total. The molecular weight excluding hydrogens is 407 g/mol. The largest absolute Gasteiger partial charge is 0.309 e. The zero-order valence-corrected chi connectivity index (χ0v) is 17.2. The van der Waals surface area contributed by atoms with Crippen molar-refractivity contribution in [1.29, 1.82) is 0 Å². The number of nitrogens with one attached hydrogen (secondary N) is 1. The summed E-state index contributed by atoms with van der Waals surface area (Å²) < 4.78 is 1.62. The molecule has 0 aliphatic carbocycles. The predicted octanol–water partition coefficient (Wildman–Crippen LogP) is 4.02. The molecule has 1 amide bonds. The molecule has 3 rings (SSSR count). The number of anilines is 1. The molecule has 7 nitrogen and oxygen atoms in total. The third-order valence-corrected chi connectivity index (χ3v) is 5.58. The first-order chi connectivity index (χ1) is 12.9. The fraction of sp³-hybridized carbons (Fsp3) is 0.235. The van der Waals surface area contributed by atoms with Crippen LogP contribution >= 0.6 is 35.0 Å². The van der Waals surface area contributed by atoms with Crippen LogP contribution in [0.4, 0.5) is 5.82 Å². The van der Waals surface area contributed by atoms with Gasteiger partial charge < -0.3 is 5.32 Å². The Morgan fingerprint density at radius 1 is 1.26 bits per heavy atom. The molecule has 0 saturated heterocycles. The number of hydrogen-bond acceptors (Lipinski definition) is 6. The second-order valence-corrected chi connectivity index (χ2v) is 7.62. The van der Waals surface area contributed by atoms with Gasteiger partial charge in [0, 0.05) is 6.20 Å². The summed E-state index contributed by atoms with van der Waals surface area (Å²) in [5.41, 5.74) is 3.73. The Morgan fingerprint density at radius 3 is 2.78 bits per heavy atom. The maximum atomic E-state index is 12.3. The number of rotatable bonds is 5. The van der Waals surface area contributed by atoms with E-state index in [9.17, 15) is 4.79 Å². The quantitative estimate of drug-likeness (QED) is 0.624. The smallest absolute Gasteiger partial charge is 0.236 e. The molecule has 0 atom stereocenters. The lowest BCUT2D eigenvalue weighted by Crippen LogP contribution is -2.16. The first-order valence-corrected chi connectivity index (χ1v) is 9.70. The van der Waals surface area contributed by atoms with E-state index in [0.29, 0.717) is 20.8 Å². The van der Waals surface area contributed by atoms with Gasteiger partial charge in [0.2, 0.25) is 11.1 Å². The Hall–Kier alpha value is -2.16. The van der Waals surface area contributed by atoms with Crippen LogP contribution in [0.25, 0.3) is 5.69 Å². The monoisotopic (exact) mass is 422 g/mol. The zero-order chi connectivity index (χ0) is 19.6. The zero-order valence-electron chi connectivity index (χ0n) is 14.8. The fourth-order valence-corrected chi connectivity index (χ4v) is 3.48. The third kappa shape index (κ3) is 4.40. The molecule has 0 aliphatic heterocycles. The summed E-state index contributed by atoms with van der Waals surface area (Å²) in [4.78, 5) is 16.3. The first-order valence-electron chi connectivity index (χ1n) is 7.96. The summed E-state index contributed by atoms with van der Waals surface area (Å²) in [6, 6.07) is 5.99. The van der Waals surface area contributed by atoms with Crippen LogP contribution < -0.4 is 5.32 Å². The number of halogens is 2. The Balaban J connectivity index is 1.70. The number of nitrogens with zero attached hydrogens (tertiary/aromatic N) is 5. The molecular formula is C17H16Cl2N6OS. The Labute approximate surface area is 170 Å². The van der Waals surface area contributed by atoms with Crippen molar-refractivity contribution < 1.29 is 4.79 Å². The lowest BCUT2D eigenvalue weighted by Gasteiger charge is -2.10. The maximum Gasteiger partial charge on any atom is 0.236 e. The number of aryl methyl sites for hydroxylation is 2. The molecule has 27 heavy (non-hydrogen) atoms. The van der Waals surface area contributed by atoms with E-state index in [1.165, 1.54) is 18.0 Å². The van der Waals surface area contributed by atoms with Crippen LogP contribution in [0.1, 0.15) is 16.7 Å². The van der Waals surface area contributed by atoms with Gasteiger partial charge in [0.15, 0.2) is 5.82 Å². The SMILES string of the molecule is Cc1ccc(-n2nnnc2SCC(=O)Nc2ncc(Cl)c(C)c2Cl)c(C)c1. The normalized spacial score (nSPS) is 10.9. The number of tetrazole rings is 1. The highest BCUT2D eigenvalue weighted by Crippen LogP contribution is 2.29. The van der Waals surface area contributed by atoms with Crippen LogP contribution in [0.5, 0.6) is 0 Å². The van der Waals surface area contributed by atoms with Crippen molar-refractivity contribution in [2.45, 2.75) is 25.9 Å². The van der Waals surface area contributed by atoms with Gasteiger partial charge in [0.1, 0.15) is 0 Å². The van der Waals surface area contributed by atoms with Crippen LogP contribution in [-0.2, 0) is 4.79 Å². The molecule has 0 radical (unpaired) electrons. The van der Waals surface area contributed by atoms with Crippen molar-refractivity contribution in [1.82, 2.24) is 25.2 Å². The summed E-state index contributed by atoms with van der Waals surface area (Å²) in [5.74, 6) is 0.106. The first kappa shape index (κ1) is 19.6. The number of aromatic nitrogens is 5. The number of pyridine rings is 1. The summed E-state index contributed by atoms with van der Waals surface area (Å²) in [5, 5.41) is 15.7. The molecule has 0 spiro atoms. The van der Waals surface area contributed by atoms with Gasteiger partial charge >= 0.3 is 0 Å². The van der Waals surface area contributed by atoms with E-state index in [1.54, 1.807) is 11.6 Å². The predicted molar refractivity (Wildman–Crippen MR) is 107 cm³/mol. The summed E-state index contributed by atoms with van der Waals surface area (Å²) in [6.07, 6.45) is 1.45. The lowest BCUT2D eigenvalue weighted by atomic mass is 10.1. The van der Waals surface area contributed by atoms with Gasteiger partial charge in [-0.05, 0) is 48.4 Å². The van der Waals surface area contributed by atoms with E-state index in [2.05, 4.69) is 31.9 Å². The van der Waals surface area contributed by atoms with Crippen molar-refractivity contribution >= 4 is 46.7 Å². The molecule has 0 aliphatic rings. The number of benzene rings is 1. The average molecular weight is 423 g/mol. The van der Waals surface area contributed by atoms with Gasteiger partial charge in [-0.3, -0.25) is 4.79 Å². The van der Waals surface area contributed by atoms with Crippen LogP contribution in [-0.4, -0.2) is 36.9 Å². The molecule has 1 aromatic carbocycles. The number of carbonyl (C=O) groups excluding carboxylic acids is 1. The number of carbonyl (C=O) groups is 1. The molecule has 0 fully saturated rings. The van der Waals surface area contributed by atoms with E-state index in [4.69, 9.17) is 23.2 Å². The summed E-state index contributed by atoms with van der Waals surface area (Å²) in [7, 11) is 0. The van der Waals surface area contributed by atoms with Gasteiger partial charge in [0.25, 0.3) is 0 Å². The second kappa shape index (κ2) is 8.24. The fourth-order valence-electron chi connectivity index (χ4n) is 2.41. The Bertz CT molecular complexity index is 1010. The van der Waals surface area contributed by atoms with Crippen LogP contribution in [0.3, 0.4) is 0 Å². The topological polar surface area (TPSA) is 85.6 Å². The molecule has 3 aromatic rings. The van der Waals surface area contributed by atoms with E-state index in [-0.39, 0.29) is 17.5 Å². The highest BCUT2D eigenvalue weighted by molar-refractivity contribution is 7.99. The van der Waals surface area contributed by atoms with Gasteiger partial charge in [-0.2, -0.15) is 4.68 Å². The minimum Gasteiger partial charge on any atom is -0.309 e. The van der Waals surface area contributed by atoms with Crippen molar-refractivity contribution in [3.63, 3.8) is 0 Å². The molecule has 0 unspecified atom stereocenters. The average Bonchev–Trinajstić information content (AvgIpc) is 3.09. The molecule has 0 bridgehead atoms. The standard InChI is InChI=1S/C17H16Cl2N6OS/c1-9-4-5-13(10(2)6-9)25-17(22-23-24-25)27-8-14(26)21-16-15(19)11(3)12(18)7-20-16/h4-7H,8H2,1-3H3,(H,20,21,26). The molecule has 140 valence electrons. The van der Waals surface area contributed by atoms with Crippen molar-refractivity contribution in [3.8, 4) is 5.69 Å². The second-order valence-electron chi connectivity index (χ2n) is 5.89. The number of amides is 1. The maximum absolute atomic E-state index is 12.3. The Kier molecular flexibility index (Phi) is 5.98. The van der Waals surface area contributed by atoms with E-state index >= 15 is 0 Å². The molecule has 0 saturated carbocycles. The van der Waals surface area contributed by atoms with E-state index < -0.39 is 0 Å². The van der Waals surface area contributed by atoms with Crippen molar-refractivity contribution in [2.24, 2.45) is 0 Å². The van der Waals surface area contributed by atoms with Crippen LogP contribution in [0.15, 0.2) is 29.6 Å². The molecule has 2 heterocycles. The van der Waals surface area contributed by atoms with Crippen molar-refractivity contribution in [2.75, 3.05) is 11.1 Å². The van der Waals surface area contributed by atoms with E-state index in [1.807, 2.05) is 26.0 Å². The minimum absolute atomic E-state index is 0.102. The van der Waals surface area contributed by atoms with Gasteiger partial charge in [-0.1, -0.05) is 52.7 Å². The number of thioether (sulfide) groups is 1. The van der Waals surface area contributed by atoms with Crippen LogP contribution in [0, 0.1) is 20.8 Å². The lowest BCUT2D eigenvalue weighted by molar-refractivity contribution is -0.113. The van der Waals surface area contributed by atoms with Gasteiger partial charge in [-0.15, -0.1) is 5.10 Å². The summed E-state index contributed by atoms with van der Waals surface area (Å²) in [6.45, 7) is 5.77. The molecule has 2 aromatic heterocycles. The van der Waals surface area contributed by atoms with Gasteiger partial charge in [0.05, 0.1) is 21.5 Å². The van der Waals surface area contributed by atoms with E-state index in [0.717, 1.165) is 16.8 Å². The molecule has 10 heteroatoms. The highest BCUT2D eigenvalue weighted by atomic mass is 35.5. The van der Waals surface area contributed by atoms with Crippen molar-refractivity contribution in [3.05, 3.63) is 51.1 Å². The minimum atomic E-state index is -0.272. The highest BCUT2D eigenvalue weighted by Gasteiger charge is 2.15. The van der Waals surface area contributed by atoms with Gasteiger partial charge in [-0.25, -0.2) is 4.98 Å². The third-order valence-electron chi connectivity index (χ3n) is 3.81. The Morgan fingerprint density at radius 2 is 2.04 bits per heavy atom. The number of hydrogen-bond donors (Lipinski definition) is 1.